The van der Waals surface area contributed by atoms with Crippen LogP contribution in [0.3, 0.4) is 0 Å². The number of rotatable bonds is 5. The fourth-order valence-electron chi connectivity index (χ4n) is 1.86. The summed E-state index contributed by atoms with van der Waals surface area (Å²) in [7, 11) is 1.81. The summed E-state index contributed by atoms with van der Waals surface area (Å²) in [5.74, 6) is 1.10. The lowest BCUT2D eigenvalue weighted by molar-refractivity contribution is -0.0297. The maximum absolute atomic E-state index is 5.21. The average molecular weight is 169 g/mol. The molecular weight excluding hydrogens is 150 g/mol. The molecule has 0 radical (unpaired) electrons. The maximum atomic E-state index is 5.21. The smallest absolute Gasteiger partial charge is 0.0824 e. The highest BCUT2D eigenvalue weighted by Gasteiger charge is 2.26. The predicted molar refractivity (Wildman–Crippen MR) is 49.2 cm³/mol. The van der Waals surface area contributed by atoms with E-state index in [-0.39, 0.29) is 0 Å². The van der Waals surface area contributed by atoms with Gasteiger partial charge in [0.25, 0.3) is 0 Å². The zero-order chi connectivity index (χ0) is 8.39. The van der Waals surface area contributed by atoms with E-state index in [2.05, 4.69) is 4.90 Å². The van der Waals surface area contributed by atoms with Crippen molar-refractivity contribution in [3.8, 4) is 0 Å². The van der Waals surface area contributed by atoms with Crippen molar-refractivity contribution in [2.75, 3.05) is 26.7 Å². The molecule has 1 aliphatic heterocycles. The van der Waals surface area contributed by atoms with Gasteiger partial charge < -0.3 is 4.74 Å². The number of likely N-dealkylation sites (tertiary alicyclic amines) is 1. The Morgan fingerprint density at radius 2 is 2.08 bits per heavy atom. The molecule has 2 heteroatoms. The van der Waals surface area contributed by atoms with Crippen molar-refractivity contribution < 1.29 is 4.74 Å². The van der Waals surface area contributed by atoms with Gasteiger partial charge in [-0.05, 0) is 25.3 Å². The molecule has 2 aliphatic rings. The van der Waals surface area contributed by atoms with Crippen molar-refractivity contribution in [3.63, 3.8) is 0 Å². The number of nitrogens with zero attached hydrogens (tertiary/aromatic N) is 1. The summed E-state index contributed by atoms with van der Waals surface area (Å²) in [6.45, 7) is 3.64. The molecule has 1 heterocycles. The normalized spacial score (nSPS) is 25.8. The van der Waals surface area contributed by atoms with Crippen molar-refractivity contribution in [1.82, 2.24) is 4.90 Å². The van der Waals surface area contributed by atoms with Crippen molar-refractivity contribution >= 4 is 0 Å². The predicted octanol–water partition coefficient (Wildman–Crippen LogP) is 1.51. The van der Waals surface area contributed by atoms with Crippen molar-refractivity contribution in [3.05, 3.63) is 0 Å². The van der Waals surface area contributed by atoms with E-state index in [9.17, 15) is 0 Å². The molecule has 1 aliphatic carbocycles. The van der Waals surface area contributed by atoms with E-state index in [1.807, 2.05) is 7.11 Å². The molecule has 2 rings (SSSR count). The molecule has 2 nitrogen and oxygen atoms in total. The molecule has 70 valence electrons. The van der Waals surface area contributed by atoms with Crippen LogP contribution < -0.4 is 0 Å². The summed E-state index contributed by atoms with van der Waals surface area (Å²) in [4.78, 5) is 2.50. The molecule has 0 amide bonds. The van der Waals surface area contributed by atoms with Crippen LogP contribution in [-0.4, -0.2) is 37.7 Å². The quantitative estimate of drug-likeness (QED) is 0.618. The maximum Gasteiger partial charge on any atom is 0.0824 e. The van der Waals surface area contributed by atoms with Gasteiger partial charge in [-0.25, -0.2) is 0 Å². The van der Waals surface area contributed by atoms with Crippen LogP contribution in [0, 0.1) is 5.92 Å². The van der Waals surface area contributed by atoms with Gasteiger partial charge in [-0.15, -0.1) is 0 Å². The van der Waals surface area contributed by atoms with Crippen LogP contribution in [0.2, 0.25) is 0 Å². The molecular formula is C10H19NO. The van der Waals surface area contributed by atoms with E-state index >= 15 is 0 Å². The van der Waals surface area contributed by atoms with Crippen LogP contribution in [0.1, 0.15) is 25.7 Å². The molecule has 0 unspecified atom stereocenters. The highest BCUT2D eigenvalue weighted by Crippen LogP contribution is 2.33. The Kier molecular flexibility index (Phi) is 2.66. The monoisotopic (exact) mass is 169 g/mol. The van der Waals surface area contributed by atoms with Crippen LogP contribution in [0.5, 0.6) is 0 Å². The second-order valence-corrected chi connectivity index (χ2v) is 4.20. The molecule has 0 aromatic rings. The number of ether oxygens (including phenoxy) is 1. The molecule has 2 fully saturated rings. The van der Waals surface area contributed by atoms with Crippen LogP contribution in [0.25, 0.3) is 0 Å². The van der Waals surface area contributed by atoms with E-state index in [1.165, 1.54) is 45.3 Å². The Morgan fingerprint density at radius 1 is 1.33 bits per heavy atom. The first-order chi connectivity index (χ1) is 5.88. The van der Waals surface area contributed by atoms with Crippen LogP contribution in [0.15, 0.2) is 0 Å². The Morgan fingerprint density at radius 3 is 2.67 bits per heavy atom. The van der Waals surface area contributed by atoms with Gasteiger partial charge in [0.05, 0.1) is 6.10 Å². The summed E-state index contributed by atoms with van der Waals surface area (Å²) in [5, 5.41) is 0. The summed E-state index contributed by atoms with van der Waals surface area (Å²) in [6.07, 6.45) is 6.40. The Labute approximate surface area is 74.9 Å². The van der Waals surface area contributed by atoms with Gasteiger partial charge in [0.1, 0.15) is 0 Å². The van der Waals surface area contributed by atoms with Gasteiger partial charge >= 0.3 is 0 Å². The van der Waals surface area contributed by atoms with Gasteiger partial charge in [0.15, 0.2) is 0 Å². The second kappa shape index (κ2) is 3.75. The zero-order valence-electron chi connectivity index (χ0n) is 7.96. The Balaban J connectivity index is 1.46. The van der Waals surface area contributed by atoms with E-state index in [0.717, 1.165) is 5.92 Å². The third-order valence-corrected chi connectivity index (χ3v) is 3.04. The van der Waals surface area contributed by atoms with Crippen molar-refractivity contribution in [2.24, 2.45) is 5.92 Å². The molecule has 0 aromatic carbocycles. The lowest BCUT2D eigenvalue weighted by Crippen LogP contribution is -2.51. The van der Waals surface area contributed by atoms with Gasteiger partial charge in [-0.1, -0.05) is 12.8 Å². The van der Waals surface area contributed by atoms with E-state index in [4.69, 9.17) is 4.74 Å². The topological polar surface area (TPSA) is 12.5 Å². The summed E-state index contributed by atoms with van der Waals surface area (Å²) in [6, 6.07) is 0. The number of hydrogen-bond donors (Lipinski definition) is 0. The van der Waals surface area contributed by atoms with Crippen molar-refractivity contribution in [2.45, 2.75) is 31.8 Å². The number of methoxy groups -OCH3 is 1. The Hall–Kier alpha value is -0.0800. The molecule has 0 atom stereocenters. The SMILES string of the molecule is COC1CN(CCCC2CC2)C1. The average Bonchev–Trinajstić information content (AvgIpc) is 2.77. The third-order valence-electron chi connectivity index (χ3n) is 3.04. The van der Waals surface area contributed by atoms with Gasteiger partial charge in [0, 0.05) is 20.2 Å². The van der Waals surface area contributed by atoms with Gasteiger partial charge in [-0.2, -0.15) is 0 Å². The van der Waals surface area contributed by atoms with Crippen LogP contribution >= 0.6 is 0 Å². The fourth-order valence-corrected chi connectivity index (χ4v) is 1.86. The molecule has 12 heavy (non-hydrogen) atoms. The van der Waals surface area contributed by atoms with Crippen molar-refractivity contribution in [1.29, 1.82) is 0 Å². The first-order valence-electron chi connectivity index (χ1n) is 5.13. The summed E-state index contributed by atoms with van der Waals surface area (Å²) in [5.41, 5.74) is 0. The first-order valence-corrected chi connectivity index (χ1v) is 5.13. The lowest BCUT2D eigenvalue weighted by Gasteiger charge is -2.38. The Bertz CT molecular complexity index is 139. The number of hydrogen-bond acceptors (Lipinski definition) is 2. The third kappa shape index (κ3) is 2.20. The van der Waals surface area contributed by atoms with E-state index < -0.39 is 0 Å². The minimum Gasteiger partial charge on any atom is -0.379 e. The first kappa shape index (κ1) is 8.52. The second-order valence-electron chi connectivity index (χ2n) is 4.20. The summed E-state index contributed by atoms with van der Waals surface area (Å²) >= 11 is 0. The zero-order valence-corrected chi connectivity index (χ0v) is 7.96. The van der Waals surface area contributed by atoms with Gasteiger partial charge in [-0.3, -0.25) is 4.90 Å². The van der Waals surface area contributed by atoms with Crippen LogP contribution in [-0.2, 0) is 4.74 Å². The molecule has 0 spiro atoms. The van der Waals surface area contributed by atoms with Crippen LogP contribution in [0.4, 0.5) is 0 Å². The molecule has 0 bridgehead atoms. The largest absolute Gasteiger partial charge is 0.379 e. The lowest BCUT2D eigenvalue weighted by atomic mass is 10.1. The highest BCUT2D eigenvalue weighted by molar-refractivity contribution is 4.81. The van der Waals surface area contributed by atoms with Gasteiger partial charge in [0.2, 0.25) is 0 Å². The highest BCUT2D eigenvalue weighted by atomic mass is 16.5. The molecule has 1 saturated heterocycles. The molecule has 0 aromatic heterocycles. The minimum atomic E-state index is 0.533. The molecule has 1 saturated carbocycles. The molecule has 0 N–H and O–H groups in total. The van der Waals surface area contributed by atoms with E-state index in [0.29, 0.717) is 6.10 Å². The standard InChI is InChI=1S/C10H19NO/c1-12-10-7-11(8-10)6-2-3-9-4-5-9/h9-10H,2-8H2,1H3. The van der Waals surface area contributed by atoms with E-state index in [1.54, 1.807) is 0 Å². The minimum absolute atomic E-state index is 0.533. The summed E-state index contributed by atoms with van der Waals surface area (Å²) < 4.78 is 5.21. The fraction of sp³-hybridized carbons (Fsp3) is 1.00.